The number of hydrogen-bond acceptors (Lipinski definition) is 7. The summed E-state index contributed by atoms with van der Waals surface area (Å²) >= 11 is 0. The van der Waals surface area contributed by atoms with Gasteiger partial charge >= 0.3 is 6.03 Å². The van der Waals surface area contributed by atoms with Crippen molar-refractivity contribution in [1.82, 2.24) is 30.2 Å². The monoisotopic (exact) mass is 471 g/mol. The Morgan fingerprint density at radius 1 is 1.11 bits per heavy atom. The second kappa shape index (κ2) is 9.98. The molecule has 0 atom stereocenters. The molecule has 1 fully saturated rings. The quantitative estimate of drug-likeness (QED) is 0.397. The van der Waals surface area contributed by atoms with E-state index in [1.807, 2.05) is 35.2 Å². The van der Waals surface area contributed by atoms with E-state index in [4.69, 9.17) is 4.98 Å². The molecule has 4 heterocycles. The van der Waals surface area contributed by atoms with Crippen LogP contribution in [0, 0.1) is 0 Å². The summed E-state index contributed by atoms with van der Waals surface area (Å²) in [5, 5.41) is 10.3. The SMILES string of the molecule is CNC(=O)N(C)c1ncccc1Cn1ccc2cnc(Nc3ccc(N4CCNCC4)cc3)nc21. The Bertz CT molecular complexity index is 1310. The maximum atomic E-state index is 12.1. The minimum atomic E-state index is -0.223. The highest BCUT2D eigenvalue weighted by atomic mass is 16.2. The number of nitrogens with one attached hydrogen (secondary N) is 3. The number of piperazine rings is 1. The molecule has 0 bridgehead atoms. The Hall–Kier alpha value is -4.18. The predicted molar refractivity (Wildman–Crippen MR) is 139 cm³/mol. The van der Waals surface area contributed by atoms with E-state index in [1.165, 1.54) is 10.6 Å². The van der Waals surface area contributed by atoms with Crippen molar-refractivity contribution in [2.24, 2.45) is 0 Å². The highest BCUT2D eigenvalue weighted by Crippen LogP contribution is 2.23. The zero-order valence-electron chi connectivity index (χ0n) is 19.9. The van der Waals surface area contributed by atoms with E-state index in [2.05, 4.69) is 55.1 Å². The molecule has 10 heteroatoms. The Morgan fingerprint density at radius 3 is 2.69 bits per heavy atom. The minimum Gasteiger partial charge on any atom is -0.369 e. The fraction of sp³-hybridized carbons (Fsp3) is 0.280. The standard InChI is InChI=1S/C25H29N9O/c1-26-25(35)32(2)22-19(4-3-10-28-22)17-34-13-9-18-16-29-24(31-23(18)34)30-20-5-7-21(8-6-20)33-14-11-27-12-15-33/h3-10,13,16,27H,11-12,14-15,17H2,1-2H3,(H,26,35)(H,29,30,31). The first-order chi connectivity index (χ1) is 17.1. The van der Waals surface area contributed by atoms with E-state index in [9.17, 15) is 4.79 Å². The first kappa shape index (κ1) is 22.6. The van der Waals surface area contributed by atoms with Crippen molar-refractivity contribution >= 4 is 40.2 Å². The molecule has 3 aromatic heterocycles. The summed E-state index contributed by atoms with van der Waals surface area (Å²) in [7, 11) is 3.31. The summed E-state index contributed by atoms with van der Waals surface area (Å²) < 4.78 is 2.04. The van der Waals surface area contributed by atoms with E-state index < -0.39 is 0 Å². The van der Waals surface area contributed by atoms with Crippen LogP contribution < -0.4 is 25.8 Å². The molecule has 3 N–H and O–H groups in total. The van der Waals surface area contributed by atoms with Crippen molar-refractivity contribution in [3.05, 3.63) is 66.6 Å². The van der Waals surface area contributed by atoms with Crippen LogP contribution in [0.4, 0.5) is 27.9 Å². The Kier molecular flexibility index (Phi) is 6.44. The van der Waals surface area contributed by atoms with Gasteiger partial charge in [-0.1, -0.05) is 6.07 Å². The van der Waals surface area contributed by atoms with Crippen LogP contribution in [-0.4, -0.2) is 65.8 Å². The highest BCUT2D eigenvalue weighted by Gasteiger charge is 2.16. The van der Waals surface area contributed by atoms with Gasteiger partial charge in [0.25, 0.3) is 0 Å². The molecule has 1 saturated heterocycles. The van der Waals surface area contributed by atoms with E-state index in [0.717, 1.165) is 48.5 Å². The number of benzene rings is 1. The molecule has 35 heavy (non-hydrogen) atoms. The zero-order valence-corrected chi connectivity index (χ0v) is 19.9. The summed E-state index contributed by atoms with van der Waals surface area (Å²) in [5.41, 5.74) is 3.87. The third-order valence-corrected chi connectivity index (χ3v) is 6.15. The molecule has 2 amide bonds. The Morgan fingerprint density at radius 2 is 1.91 bits per heavy atom. The zero-order chi connectivity index (χ0) is 24.2. The third kappa shape index (κ3) is 4.87. The van der Waals surface area contributed by atoms with Gasteiger partial charge in [0.05, 0.1) is 6.54 Å². The van der Waals surface area contributed by atoms with Gasteiger partial charge in [-0.2, -0.15) is 4.98 Å². The molecule has 10 nitrogen and oxygen atoms in total. The predicted octanol–water partition coefficient (Wildman–Crippen LogP) is 2.80. The average Bonchev–Trinajstić information content (AvgIpc) is 3.31. The number of aromatic nitrogens is 4. The van der Waals surface area contributed by atoms with Gasteiger partial charge in [-0.25, -0.2) is 14.8 Å². The highest BCUT2D eigenvalue weighted by molar-refractivity contribution is 5.90. The van der Waals surface area contributed by atoms with E-state index >= 15 is 0 Å². The number of nitrogens with zero attached hydrogens (tertiary/aromatic N) is 6. The van der Waals surface area contributed by atoms with Crippen LogP contribution in [-0.2, 0) is 6.54 Å². The van der Waals surface area contributed by atoms with Crippen LogP contribution >= 0.6 is 0 Å². The molecule has 180 valence electrons. The smallest absolute Gasteiger partial charge is 0.322 e. The largest absolute Gasteiger partial charge is 0.369 e. The van der Waals surface area contributed by atoms with Crippen molar-refractivity contribution < 1.29 is 4.79 Å². The van der Waals surface area contributed by atoms with Crippen molar-refractivity contribution in [2.75, 3.05) is 55.4 Å². The van der Waals surface area contributed by atoms with Crippen LogP contribution in [0.25, 0.3) is 11.0 Å². The Labute approximate surface area is 204 Å². The molecule has 0 spiro atoms. The molecule has 1 aromatic carbocycles. The molecule has 0 unspecified atom stereocenters. The van der Waals surface area contributed by atoms with Gasteiger partial charge in [-0.3, -0.25) is 4.90 Å². The van der Waals surface area contributed by atoms with Gasteiger partial charge in [0.2, 0.25) is 5.95 Å². The summed E-state index contributed by atoms with van der Waals surface area (Å²) in [6.45, 7) is 4.57. The summed E-state index contributed by atoms with van der Waals surface area (Å²) in [6, 6.07) is 14.0. The van der Waals surface area contributed by atoms with Crippen molar-refractivity contribution in [3.8, 4) is 0 Å². The second-order valence-corrected chi connectivity index (χ2v) is 8.43. The first-order valence-corrected chi connectivity index (χ1v) is 11.7. The number of carbonyl (C=O) groups is 1. The fourth-order valence-corrected chi connectivity index (χ4v) is 4.27. The van der Waals surface area contributed by atoms with Gasteiger partial charge in [0, 0.05) is 81.2 Å². The van der Waals surface area contributed by atoms with Gasteiger partial charge in [-0.15, -0.1) is 0 Å². The van der Waals surface area contributed by atoms with E-state index in [-0.39, 0.29) is 6.03 Å². The number of rotatable bonds is 6. The fourth-order valence-electron chi connectivity index (χ4n) is 4.27. The summed E-state index contributed by atoms with van der Waals surface area (Å²) in [4.78, 5) is 29.7. The van der Waals surface area contributed by atoms with Crippen LogP contribution in [0.5, 0.6) is 0 Å². The van der Waals surface area contributed by atoms with Gasteiger partial charge in [0.15, 0.2) is 0 Å². The molecule has 4 aromatic rings. The van der Waals surface area contributed by atoms with Crippen LogP contribution in [0.1, 0.15) is 5.56 Å². The lowest BCUT2D eigenvalue weighted by Gasteiger charge is -2.29. The number of carbonyl (C=O) groups excluding carboxylic acids is 1. The van der Waals surface area contributed by atoms with E-state index in [0.29, 0.717) is 18.3 Å². The maximum absolute atomic E-state index is 12.1. The lowest BCUT2D eigenvalue weighted by Crippen LogP contribution is -2.43. The van der Waals surface area contributed by atoms with Crippen molar-refractivity contribution in [2.45, 2.75) is 6.54 Å². The molecule has 1 aliphatic rings. The summed E-state index contributed by atoms with van der Waals surface area (Å²) in [5.74, 6) is 1.13. The molecule has 0 saturated carbocycles. The first-order valence-electron chi connectivity index (χ1n) is 11.7. The lowest BCUT2D eigenvalue weighted by atomic mass is 10.2. The number of anilines is 4. The summed E-state index contributed by atoms with van der Waals surface area (Å²) in [6.07, 6.45) is 5.48. The molecular formula is C25H29N9O. The number of hydrogen-bond donors (Lipinski definition) is 3. The van der Waals surface area contributed by atoms with Gasteiger partial charge in [-0.05, 0) is 36.4 Å². The molecule has 5 rings (SSSR count). The number of urea groups is 1. The van der Waals surface area contributed by atoms with Crippen LogP contribution in [0.15, 0.2) is 61.1 Å². The molecule has 1 aliphatic heterocycles. The van der Waals surface area contributed by atoms with Gasteiger partial charge < -0.3 is 25.4 Å². The molecule has 0 aliphatic carbocycles. The molecule has 0 radical (unpaired) electrons. The van der Waals surface area contributed by atoms with Crippen LogP contribution in [0.2, 0.25) is 0 Å². The average molecular weight is 472 g/mol. The molecular weight excluding hydrogens is 442 g/mol. The topological polar surface area (TPSA) is 103 Å². The normalized spacial score (nSPS) is 13.6. The van der Waals surface area contributed by atoms with Crippen molar-refractivity contribution in [1.29, 1.82) is 0 Å². The van der Waals surface area contributed by atoms with E-state index in [1.54, 1.807) is 20.3 Å². The minimum absolute atomic E-state index is 0.223. The van der Waals surface area contributed by atoms with Gasteiger partial charge in [0.1, 0.15) is 11.5 Å². The number of pyridine rings is 1. The maximum Gasteiger partial charge on any atom is 0.322 e. The third-order valence-electron chi connectivity index (χ3n) is 6.15. The number of fused-ring (bicyclic) bond motifs is 1. The Balaban J connectivity index is 1.36. The van der Waals surface area contributed by atoms with Crippen molar-refractivity contribution in [3.63, 3.8) is 0 Å². The van der Waals surface area contributed by atoms with Crippen LogP contribution in [0.3, 0.4) is 0 Å². The number of amides is 2. The second-order valence-electron chi connectivity index (χ2n) is 8.43. The lowest BCUT2D eigenvalue weighted by molar-refractivity contribution is 0.249.